The van der Waals surface area contributed by atoms with Crippen molar-refractivity contribution in [2.75, 3.05) is 26.7 Å². The van der Waals surface area contributed by atoms with Crippen molar-refractivity contribution in [2.45, 2.75) is 32.4 Å². The largest absolute Gasteiger partial charge is 0.378 e. The number of guanidine groups is 1. The van der Waals surface area contributed by atoms with Crippen LogP contribution in [0, 0.1) is 0 Å². The van der Waals surface area contributed by atoms with E-state index in [1.54, 1.807) is 11.3 Å². The lowest BCUT2D eigenvalue weighted by Gasteiger charge is -2.33. The molecule has 0 saturated carbocycles. The molecule has 1 saturated heterocycles. The number of nitrogens with one attached hydrogen (secondary N) is 1. The number of ether oxygens (including phenoxy) is 1. The van der Waals surface area contributed by atoms with Crippen LogP contribution in [0.2, 0.25) is 0 Å². The highest BCUT2D eigenvalue weighted by Crippen LogP contribution is 2.23. The first-order valence-electron chi connectivity index (χ1n) is 8.87. The van der Waals surface area contributed by atoms with Crippen LogP contribution in [0.5, 0.6) is 0 Å². The summed E-state index contributed by atoms with van der Waals surface area (Å²) in [5.74, 6) is 0.948. The summed E-state index contributed by atoms with van der Waals surface area (Å²) >= 11 is 1.68. The van der Waals surface area contributed by atoms with E-state index >= 15 is 0 Å². The molecule has 0 amide bonds. The maximum Gasteiger partial charge on any atom is 0.193 e. The normalized spacial score (nSPS) is 16.2. The summed E-state index contributed by atoms with van der Waals surface area (Å²) in [4.78, 5) is 11.5. The standard InChI is InChI=1S/C19H26N4OS/c1-3-24-17-9-11-23(12-10-17)19(20-2)21-13-16-14-25-18(22-16)15-7-5-4-6-8-15/h4-8,14,17H,3,9-13H2,1-2H3,(H,20,21). The highest BCUT2D eigenvalue weighted by molar-refractivity contribution is 7.13. The molecule has 1 aromatic carbocycles. The van der Waals surface area contributed by atoms with E-state index < -0.39 is 0 Å². The van der Waals surface area contributed by atoms with Crippen molar-refractivity contribution in [1.82, 2.24) is 15.2 Å². The van der Waals surface area contributed by atoms with Crippen molar-refractivity contribution in [3.63, 3.8) is 0 Å². The zero-order valence-electron chi connectivity index (χ0n) is 14.9. The van der Waals surface area contributed by atoms with Gasteiger partial charge in [0.25, 0.3) is 0 Å². The molecule has 5 nitrogen and oxygen atoms in total. The minimum Gasteiger partial charge on any atom is -0.378 e. The maximum absolute atomic E-state index is 5.72. The zero-order chi connectivity index (χ0) is 17.5. The van der Waals surface area contributed by atoms with Crippen molar-refractivity contribution in [1.29, 1.82) is 0 Å². The molecule has 2 aromatic rings. The minimum atomic E-state index is 0.395. The van der Waals surface area contributed by atoms with Gasteiger partial charge in [0, 0.05) is 37.7 Å². The highest BCUT2D eigenvalue weighted by atomic mass is 32.1. The van der Waals surface area contributed by atoms with E-state index in [2.05, 4.69) is 39.6 Å². The van der Waals surface area contributed by atoms with Gasteiger partial charge in [0.05, 0.1) is 18.3 Å². The zero-order valence-corrected chi connectivity index (χ0v) is 15.8. The molecule has 1 aliphatic rings. The fraction of sp³-hybridized carbons (Fsp3) is 0.474. The second-order valence-electron chi connectivity index (χ2n) is 6.05. The van der Waals surface area contributed by atoms with E-state index in [0.29, 0.717) is 12.6 Å². The SMILES string of the molecule is CCOC1CCN(C(=NC)NCc2csc(-c3ccccc3)n2)CC1. The summed E-state index contributed by atoms with van der Waals surface area (Å²) in [6.45, 7) is 5.52. The number of likely N-dealkylation sites (tertiary alicyclic amines) is 1. The van der Waals surface area contributed by atoms with Gasteiger partial charge in [0.15, 0.2) is 5.96 Å². The first-order chi connectivity index (χ1) is 12.3. The van der Waals surface area contributed by atoms with Crippen LogP contribution in [0.4, 0.5) is 0 Å². The Bertz CT molecular complexity index is 678. The topological polar surface area (TPSA) is 49.8 Å². The molecule has 0 spiro atoms. The van der Waals surface area contributed by atoms with Crippen molar-refractivity contribution >= 4 is 17.3 Å². The van der Waals surface area contributed by atoms with Gasteiger partial charge in [-0.05, 0) is 19.8 Å². The minimum absolute atomic E-state index is 0.395. The van der Waals surface area contributed by atoms with E-state index in [0.717, 1.165) is 49.2 Å². The van der Waals surface area contributed by atoms with E-state index in [4.69, 9.17) is 9.72 Å². The Hall–Kier alpha value is -1.92. The molecule has 0 atom stereocenters. The molecule has 0 radical (unpaired) electrons. The van der Waals surface area contributed by atoms with Crippen molar-refractivity contribution in [3.8, 4) is 10.6 Å². The van der Waals surface area contributed by atoms with Gasteiger partial charge in [-0.15, -0.1) is 11.3 Å². The Morgan fingerprint density at radius 3 is 2.76 bits per heavy atom. The van der Waals surface area contributed by atoms with Gasteiger partial charge in [-0.3, -0.25) is 4.99 Å². The summed E-state index contributed by atoms with van der Waals surface area (Å²) in [6, 6.07) is 10.3. The predicted molar refractivity (Wildman–Crippen MR) is 104 cm³/mol. The summed E-state index contributed by atoms with van der Waals surface area (Å²) in [7, 11) is 1.84. The molecular formula is C19H26N4OS. The smallest absolute Gasteiger partial charge is 0.193 e. The first kappa shape index (κ1) is 17.9. The fourth-order valence-electron chi connectivity index (χ4n) is 3.07. The fourth-order valence-corrected chi connectivity index (χ4v) is 3.90. The number of aliphatic imine (C=N–C) groups is 1. The van der Waals surface area contributed by atoms with Gasteiger partial charge in [-0.25, -0.2) is 4.98 Å². The number of benzene rings is 1. The molecule has 1 aliphatic heterocycles. The van der Waals surface area contributed by atoms with E-state index in [-0.39, 0.29) is 0 Å². The second kappa shape index (κ2) is 8.97. The van der Waals surface area contributed by atoms with Crippen LogP contribution in [0.25, 0.3) is 10.6 Å². The van der Waals surface area contributed by atoms with E-state index in [1.165, 1.54) is 5.56 Å². The number of thiazole rings is 1. The third-order valence-corrected chi connectivity index (χ3v) is 5.30. The van der Waals surface area contributed by atoms with Crippen LogP contribution in [-0.4, -0.2) is 48.7 Å². The van der Waals surface area contributed by atoms with Crippen LogP contribution in [0.3, 0.4) is 0 Å². The first-order valence-corrected chi connectivity index (χ1v) is 9.75. The summed E-state index contributed by atoms with van der Waals surface area (Å²) in [5.41, 5.74) is 2.22. The molecule has 3 rings (SSSR count). The Kier molecular flexibility index (Phi) is 6.42. The molecule has 2 heterocycles. The average molecular weight is 359 g/mol. The summed E-state index contributed by atoms with van der Waals surface area (Å²) < 4.78 is 5.72. The maximum atomic E-state index is 5.72. The van der Waals surface area contributed by atoms with Crippen LogP contribution in [0.15, 0.2) is 40.7 Å². The molecule has 6 heteroatoms. The number of hydrogen-bond acceptors (Lipinski definition) is 4. The van der Waals surface area contributed by atoms with Gasteiger partial charge in [-0.1, -0.05) is 30.3 Å². The molecule has 134 valence electrons. The van der Waals surface area contributed by atoms with Gasteiger partial charge in [0.2, 0.25) is 0 Å². The highest BCUT2D eigenvalue weighted by Gasteiger charge is 2.21. The number of nitrogens with zero attached hydrogens (tertiary/aromatic N) is 3. The Labute approximate surface area is 153 Å². The number of rotatable bonds is 5. The summed E-state index contributed by atoms with van der Waals surface area (Å²) in [6.07, 6.45) is 2.51. The van der Waals surface area contributed by atoms with Crippen LogP contribution in [-0.2, 0) is 11.3 Å². The Balaban J connectivity index is 1.53. The molecule has 1 fully saturated rings. The van der Waals surface area contributed by atoms with E-state index in [1.807, 2.05) is 25.2 Å². The number of piperidine rings is 1. The lowest BCUT2D eigenvalue weighted by atomic mass is 10.1. The second-order valence-corrected chi connectivity index (χ2v) is 6.91. The van der Waals surface area contributed by atoms with Crippen molar-refractivity contribution in [2.24, 2.45) is 4.99 Å². The predicted octanol–water partition coefficient (Wildman–Crippen LogP) is 3.39. The molecule has 1 aromatic heterocycles. The molecule has 0 bridgehead atoms. The molecule has 0 aliphatic carbocycles. The third-order valence-electron chi connectivity index (χ3n) is 4.36. The van der Waals surface area contributed by atoms with Crippen LogP contribution >= 0.6 is 11.3 Å². The van der Waals surface area contributed by atoms with Gasteiger partial charge >= 0.3 is 0 Å². The summed E-state index contributed by atoms with van der Waals surface area (Å²) in [5, 5.41) is 6.62. The third kappa shape index (κ3) is 4.80. The lowest BCUT2D eigenvalue weighted by molar-refractivity contribution is 0.0263. The van der Waals surface area contributed by atoms with Crippen LogP contribution in [0.1, 0.15) is 25.5 Å². The van der Waals surface area contributed by atoms with Gasteiger partial charge in [0.1, 0.15) is 5.01 Å². The Morgan fingerprint density at radius 2 is 2.08 bits per heavy atom. The van der Waals surface area contributed by atoms with Crippen molar-refractivity contribution < 1.29 is 4.74 Å². The number of hydrogen-bond donors (Lipinski definition) is 1. The molecular weight excluding hydrogens is 332 g/mol. The monoisotopic (exact) mass is 358 g/mol. The van der Waals surface area contributed by atoms with Gasteiger partial charge in [-0.2, -0.15) is 0 Å². The van der Waals surface area contributed by atoms with Gasteiger partial charge < -0.3 is 15.0 Å². The number of aromatic nitrogens is 1. The Morgan fingerprint density at radius 1 is 1.32 bits per heavy atom. The molecule has 0 unspecified atom stereocenters. The van der Waals surface area contributed by atoms with Crippen molar-refractivity contribution in [3.05, 3.63) is 41.4 Å². The lowest BCUT2D eigenvalue weighted by Crippen LogP contribution is -2.46. The molecule has 25 heavy (non-hydrogen) atoms. The van der Waals surface area contributed by atoms with E-state index in [9.17, 15) is 0 Å². The molecule has 1 N–H and O–H groups in total. The quantitative estimate of drug-likeness (QED) is 0.657. The van der Waals surface area contributed by atoms with Crippen LogP contribution < -0.4 is 5.32 Å². The average Bonchev–Trinajstić information content (AvgIpc) is 3.13.